The molecule has 0 spiro atoms. The number of aliphatic carboxylic acids is 1. The van der Waals surface area contributed by atoms with E-state index in [-0.39, 0.29) is 31.0 Å². The van der Waals surface area contributed by atoms with Crippen molar-refractivity contribution in [2.45, 2.75) is 38.6 Å². The van der Waals surface area contributed by atoms with Gasteiger partial charge in [-0.05, 0) is 6.42 Å². The van der Waals surface area contributed by atoms with E-state index >= 15 is 0 Å². The van der Waals surface area contributed by atoms with Gasteiger partial charge in [0.1, 0.15) is 6.04 Å². The third-order valence-corrected chi connectivity index (χ3v) is 1.44. The van der Waals surface area contributed by atoms with E-state index in [1.165, 1.54) is 0 Å². The van der Waals surface area contributed by atoms with E-state index in [1.54, 1.807) is 0 Å². The fourth-order valence-corrected chi connectivity index (χ4v) is 0.738. The van der Waals surface area contributed by atoms with Crippen molar-refractivity contribution in [2.75, 3.05) is 0 Å². The summed E-state index contributed by atoms with van der Waals surface area (Å²) in [5, 5.41) is 8.36. The average molecular weight is 169 g/mol. The Balaban J connectivity index is -0.000000405. The van der Waals surface area contributed by atoms with Crippen molar-refractivity contribution in [1.82, 2.24) is 0 Å². The fourth-order valence-electron chi connectivity index (χ4n) is 0.738. The van der Waals surface area contributed by atoms with Crippen LogP contribution in [0.1, 0.15) is 34.0 Å². The van der Waals surface area contributed by atoms with Crippen LogP contribution >= 0.6 is 0 Å². The van der Waals surface area contributed by atoms with E-state index in [4.69, 9.17) is 10.8 Å². The van der Waals surface area contributed by atoms with Crippen molar-refractivity contribution in [3.05, 3.63) is 0 Å². The molecule has 0 aromatic rings. The molecule has 0 rings (SSSR count). The number of unbranched alkanes of at least 4 members (excludes halogenated alkanes) is 2. The molecule has 4 heteroatoms. The van der Waals surface area contributed by atoms with Crippen LogP contribution in [-0.2, 0) is 4.79 Å². The van der Waals surface area contributed by atoms with E-state index in [0.29, 0.717) is 6.42 Å². The topological polar surface area (TPSA) is 63.3 Å². The molecule has 0 heterocycles. The summed E-state index contributed by atoms with van der Waals surface area (Å²) in [7, 11) is 0. The van der Waals surface area contributed by atoms with Gasteiger partial charge in [0.2, 0.25) is 0 Å². The Morgan fingerprint density at radius 2 is 2.18 bits per heavy atom. The maximum Gasteiger partial charge on any atom is 1.00 e. The molecule has 1 atom stereocenters. The fraction of sp³-hybridized carbons (Fsp3) is 0.857. The molecule has 0 bridgehead atoms. The van der Waals surface area contributed by atoms with Crippen LogP contribution in [0.3, 0.4) is 0 Å². The van der Waals surface area contributed by atoms with E-state index in [2.05, 4.69) is 6.92 Å². The smallest absolute Gasteiger partial charge is 1.00 e. The molecule has 0 aromatic carbocycles. The molecular formula is C7H16NNaO2. The first-order valence-electron chi connectivity index (χ1n) is 3.67. The molecule has 11 heavy (non-hydrogen) atoms. The Morgan fingerprint density at radius 3 is 2.55 bits per heavy atom. The monoisotopic (exact) mass is 169 g/mol. The number of rotatable bonds is 5. The summed E-state index contributed by atoms with van der Waals surface area (Å²) in [4.78, 5) is 10.2. The molecule has 0 fully saturated rings. The summed E-state index contributed by atoms with van der Waals surface area (Å²) < 4.78 is 0. The van der Waals surface area contributed by atoms with E-state index in [9.17, 15) is 4.79 Å². The summed E-state index contributed by atoms with van der Waals surface area (Å²) in [6, 6.07) is -0.661. The Kier molecular flexibility index (Phi) is 10.8. The number of carbonyl (C=O) groups is 1. The van der Waals surface area contributed by atoms with E-state index in [1.807, 2.05) is 0 Å². The van der Waals surface area contributed by atoms with Crippen LogP contribution in [0.25, 0.3) is 0 Å². The summed E-state index contributed by atoms with van der Waals surface area (Å²) in [6.07, 6.45) is 3.69. The third-order valence-electron chi connectivity index (χ3n) is 1.44. The molecule has 3 N–H and O–H groups in total. The van der Waals surface area contributed by atoms with Crippen molar-refractivity contribution in [2.24, 2.45) is 5.73 Å². The third kappa shape index (κ3) is 8.34. The van der Waals surface area contributed by atoms with Gasteiger partial charge < -0.3 is 12.3 Å². The van der Waals surface area contributed by atoms with Crippen LogP contribution in [0, 0.1) is 0 Å². The first-order valence-corrected chi connectivity index (χ1v) is 3.67. The van der Waals surface area contributed by atoms with Crippen LogP contribution in [-0.4, -0.2) is 17.1 Å². The van der Waals surface area contributed by atoms with Gasteiger partial charge in [0.05, 0.1) is 0 Å². The van der Waals surface area contributed by atoms with Crippen molar-refractivity contribution in [3.8, 4) is 0 Å². The summed E-state index contributed by atoms with van der Waals surface area (Å²) >= 11 is 0. The maximum absolute atomic E-state index is 10.2. The van der Waals surface area contributed by atoms with Gasteiger partial charge in [0.15, 0.2) is 0 Å². The van der Waals surface area contributed by atoms with E-state index in [0.717, 1.165) is 19.3 Å². The van der Waals surface area contributed by atoms with Crippen molar-refractivity contribution < 1.29 is 40.9 Å². The molecule has 0 aliphatic rings. The van der Waals surface area contributed by atoms with Crippen molar-refractivity contribution in [3.63, 3.8) is 0 Å². The molecule has 62 valence electrons. The molecule has 0 aromatic heterocycles. The minimum Gasteiger partial charge on any atom is -1.00 e. The maximum atomic E-state index is 10.2. The summed E-state index contributed by atoms with van der Waals surface area (Å²) in [5.74, 6) is -0.892. The second-order valence-electron chi connectivity index (χ2n) is 2.44. The van der Waals surface area contributed by atoms with Gasteiger partial charge >= 0.3 is 35.5 Å². The Labute approximate surface area is 91.1 Å². The predicted octanol–water partition coefficient (Wildman–Crippen LogP) is -1.90. The molecule has 1 unspecified atom stereocenters. The molecule has 0 saturated heterocycles. The normalized spacial score (nSPS) is 11.8. The quantitative estimate of drug-likeness (QED) is 0.373. The van der Waals surface area contributed by atoms with Gasteiger partial charge in [0, 0.05) is 0 Å². The zero-order chi connectivity index (χ0) is 7.98. The second kappa shape index (κ2) is 8.53. The Bertz CT molecular complexity index is 114. The van der Waals surface area contributed by atoms with Gasteiger partial charge in [-0.2, -0.15) is 0 Å². The van der Waals surface area contributed by atoms with Gasteiger partial charge in [0.25, 0.3) is 0 Å². The standard InChI is InChI=1S/C7H15NO2.Na.H/c1-2-3-4-5-6(8)7(9)10;;/h6H,2-5,8H2,1H3,(H,9,10);;/q;+1;-1. The number of hydrogen-bond acceptors (Lipinski definition) is 2. The van der Waals surface area contributed by atoms with Crippen molar-refractivity contribution in [1.29, 1.82) is 0 Å². The zero-order valence-electron chi connectivity index (χ0n) is 8.34. The predicted molar refractivity (Wildman–Crippen MR) is 40.9 cm³/mol. The van der Waals surface area contributed by atoms with Crippen LogP contribution in [0.15, 0.2) is 0 Å². The number of carboxylic acids is 1. The van der Waals surface area contributed by atoms with Gasteiger partial charge in [-0.3, -0.25) is 4.79 Å². The summed E-state index contributed by atoms with van der Waals surface area (Å²) in [5.41, 5.74) is 5.26. The van der Waals surface area contributed by atoms with Crippen LogP contribution in [0.2, 0.25) is 0 Å². The Hall–Kier alpha value is 0.430. The SMILES string of the molecule is CCCCCC(N)C(=O)O.[H-].[Na+]. The molecule has 0 amide bonds. The minimum atomic E-state index is -0.892. The second-order valence-corrected chi connectivity index (χ2v) is 2.44. The van der Waals surface area contributed by atoms with E-state index < -0.39 is 12.0 Å². The first kappa shape index (κ1) is 14.0. The van der Waals surface area contributed by atoms with Crippen LogP contribution < -0.4 is 35.3 Å². The van der Waals surface area contributed by atoms with Gasteiger partial charge in [-0.15, -0.1) is 0 Å². The molecular weight excluding hydrogens is 153 g/mol. The number of nitrogens with two attached hydrogens (primary N) is 1. The average Bonchev–Trinajstić information content (AvgIpc) is 1.88. The van der Waals surface area contributed by atoms with Crippen LogP contribution in [0.5, 0.6) is 0 Å². The molecule has 0 aliphatic heterocycles. The largest absolute Gasteiger partial charge is 1.00 e. The number of hydrogen-bond donors (Lipinski definition) is 2. The first-order chi connectivity index (χ1) is 4.68. The minimum absolute atomic E-state index is 0. The van der Waals surface area contributed by atoms with Gasteiger partial charge in [-0.25, -0.2) is 0 Å². The van der Waals surface area contributed by atoms with Crippen LogP contribution in [0.4, 0.5) is 0 Å². The molecule has 0 radical (unpaired) electrons. The zero-order valence-corrected chi connectivity index (χ0v) is 9.34. The Morgan fingerprint density at radius 1 is 1.64 bits per heavy atom. The number of carboxylic acid groups (broad SMARTS) is 1. The molecule has 0 aliphatic carbocycles. The van der Waals surface area contributed by atoms with Gasteiger partial charge in [-0.1, -0.05) is 26.2 Å². The summed E-state index contributed by atoms with van der Waals surface area (Å²) in [6.45, 7) is 2.08. The molecule has 3 nitrogen and oxygen atoms in total. The van der Waals surface area contributed by atoms with Crippen molar-refractivity contribution >= 4 is 5.97 Å². The molecule has 0 saturated carbocycles.